The standard InChI is InChI=1S/C21H14/c1-13-11-19-18-7-3-2-5-15(18)12-16-10-9-14-6-4-8-17(13)20(14)21(16)19/h2-12,21H,1H2. The van der Waals surface area contributed by atoms with Gasteiger partial charge in [0, 0.05) is 5.92 Å². The van der Waals surface area contributed by atoms with E-state index >= 15 is 0 Å². The van der Waals surface area contributed by atoms with Crippen LogP contribution in [0.15, 0.2) is 66.8 Å². The Morgan fingerprint density at radius 3 is 2.52 bits per heavy atom. The van der Waals surface area contributed by atoms with E-state index in [9.17, 15) is 0 Å². The van der Waals surface area contributed by atoms with Crippen LogP contribution in [0, 0.1) is 0 Å². The van der Waals surface area contributed by atoms with Crippen molar-refractivity contribution >= 4 is 23.3 Å². The molecule has 0 heteroatoms. The van der Waals surface area contributed by atoms with Crippen molar-refractivity contribution in [2.24, 2.45) is 0 Å². The first-order valence-electron chi connectivity index (χ1n) is 7.36. The summed E-state index contributed by atoms with van der Waals surface area (Å²) < 4.78 is 0. The lowest BCUT2D eigenvalue weighted by Gasteiger charge is -2.36. The van der Waals surface area contributed by atoms with Crippen LogP contribution >= 0.6 is 0 Å². The molecular formula is C21H14. The molecule has 2 aromatic carbocycles. The third-order valence-corrected chi connectivity index (χ3v) is 4.80. The van der Waals surface area contributed by atoms with Gasteiger partial charge in [-0.2, -0.15) is 0 Å². The number of hydrogen-bond acceptors (Lipinski definition) is 0. The van der Waals surface area contributed by atoms with Crippen LogP contribution in [0.2, 0.25) is 0 Å². The summed E-state index contributed by atoms with van der Waals surface area (Å²) in [5.41, 5.74) is 10.7. The van der Waals surface area contributed by atoms with E-state index in [-0.39, 0.29) is 0 Å². The lowest BCUT2D eigenvalue weighted by atomic mass is 9.67. The Balaban J connectivity index is 1.92. The maximum atomic E-state index is 4.29. The average Bonchev–Trinajstić information content (AvgIpc) is 2.53. The second-order valence-electron chi connectivity index (χ2n) is 5.93. The molecule has 21 heavy (non-hydrogen) atoms. The third kappa shape index (κ3) is 1.34. The summed E-state index contributed by atoms with van der Waals surface area (Å²) in [5.74, 6) is 0.376. The number of fused-ring (bicyclic) bond motifs is 2. The average molecular weight is 266 g/mol. The normalized spacial score (nSPS) is 20.4. The van der Waals surface area contributed by atoms with Crippen molar-refractivity contribution in [2.45, 2.75) is 5.92 Å². The van der Waals surface area contributed by atoms with Gasteiger partial charge in [0.2, 0.25) is 0 Å². The Bertz CT molecular complexity index is 903. The van der Waals surface area contributed by atoms with Crippen LogP contribution in [-0.2, 0) is 0 Å². The minimum atomic E-state index is 0.376. The topological polar surface area (TPSA) is 0 Å². The smallest absolute Gasteiger partial charge is 0.0358 e. The van der Waals surface area contributed by atoms with E-state index in [1.807, 2.05) is 0 Å². The van der Waals surface area contributed by atoms with Crippen molar-refractivity contribution in [1.29, 1.82) is 0 Å². The summed E-state index contributed by atoms with van der Waals surface area (Å²) in [4.78, 5) is 0. The molecule has 0 radical (unpaired) electrons. The van der Waals surface area contributed by atoms with Crippen molar-refractivity contribution in [3.05, 3.63) is 94.6 Å². The molecule has 0 nitrogen and oxygen atoms in total. The highest BCUT2D eigenvalue weighted by Crippen LogP contribution is 2.53. The fraction of sp³-hybridized carbons (Fsp3) is 0.0476. The zero-order chi connectivity index (χ0) is 14.0. The molecule has 1 unspecified atom stereocenters. The van der Waals surface area contributed by atoms with Crippen molar-refractivity contribution in [3.63, 3.8) is 0 Å². The van der Waals surface area contributed by atoms with Gasteiger partial charge in [0.1, 0.15) is 0 Å². The van der Waals surface area contributed by atoms with Gasteiger partial charge in [0.25, 0.3) is 0 Å². The summed E-state index contributed by atoms with van der Waals surface area (Å²) in [7, 11) is 0. The predicted molar refractivity (Wildman–Crippen MR) is 89.6 cm³/mol. The van der Waals surface area contributed by atoms with Crippen LogP contribution in [-0.4, -0.2) is 0 Å². The van der Waals surface area contributed by atoms with Crippen LogP contribution in [0.3, 0.4) is 0 Å². The summed E-state index contributed by atoms with van der Waals surface area (Å²) in [6.07, 6.45) is 9.13. The fourth-order valence-electron chi connectivity index (χ4n) is 3.89. The highest BCUT2D eigenvalue weighted by atomic mass is 14.4. The number of rotatable bonds is 0. The molecular weight excluding hydrogens is 252 g/mol. The second-order valence-corrected chi connectivity index (χ2v) is 5.93. The van der Waals surface area contributed by atoms with Crippen LogP contribution in [0.25, 0.3) is 23.3 Å². The zero-order valence-corrected chi connectivity index (χ0v) is 11.6. The molecule has 0 aliphatic heterocycles. The Kier molecular flexibility index (Phi) is 1.97. The van der Waals surface area contributed by atoms with Crippen LogP contribution in [0.4, 0.5) is 0 Å². The number of hydrogen-bond donors (Lipinski definition) is 0. The molecule has 0 spiro atoms. The molecule has 3 aliphatic rings. The van der Waals surface area contributed by atoms with Gasteiger partial charge in [0.15, 0.2) is 0 Å². The van der Waals surface area contributed by atoms with Gasteiger partial charge in [-0.25, -0.2) is 0 Å². The lowest BCUT2D eigenvalue weighted by molar-refractivity contribution is 1.01. The van der Waals surface area contributed by atoms with E-state index in [0.29, 0.717) is 5.92 Å². The van der Waals surface area contributed by atoms with Crippen molar-refractivity contribution in [2.75, 3.05) is 0 Å². The monoisotopic (exact) mass is 266 g/mol. The largest absolute Gasteiger partial charge is 0.0911 e. The number of benzene rings is 2. The summed E-state index contributed by atoms with van der Waals surface area (Å²) >= 11 is 0. The SMILES string of the molecule is C=C1C=C2c3ccccc3C=C3C=Cc4cccc1c4C32. The molecule has 0 bridgehead atoms. The molecule has 0 aromatic heterocycles. The Hall–Kier alpha value is -2.60. The van der Waals surface area contributed by atoms with Gasteiger partial charge in [0.05, 0.1) is 0 Å². The first-order valence-corrected chi connectivity index (χ1v) is 7.36. The molecule has 2 aromatic rings. The zero-order valence-electron chi connectivity index (χ0n) is 11.6. The van der Waals surface area contributed by atoms with Gasteiger partial charge in [-0.05, 0) is 44.5 Å². The summed E-state index contributed by atoms with van der Waals surface area (Å²) in [6, 6.07) is 15.2. The van der Waals surface area contributed by atoms with Gasteiger partial charge in [-0.3, -0.25) is 0 Å². The molecule has 5 rings (SSSR count). The molecule has 0 heterocycles. The lowest BCUT2D eigenvalue weighted by Crippen LogP contribution is -2.18. The summed E-state index contributed by atoms with van der Waals surface area (Å²) in [6.45, 7) is 4.29. The summed E-state index contributed by atoms with van der Waals surface area (Å²) in [5, 5.41) is 0. The van der Waals surface area contributed by atoms with Gasteiger partial charge in [-0.15, -0.1) is 0 Å². The van der Waals surface area contributed by atoms with Gasteiger partial charge < -0.3 is 0 Å². The molecule has 0 fully saturated rings. The third-order valence-electron chi connectivity index (χ3n) is 4.80. The maximum absolute atomic E-state index is 4.29. The first kappa shape index (κ1) is 11.1. The van der Waals surface area contributed by atoms with Crippen LogP contribution in [0.5, 0.6) is 0 Å². The molecule has 0 saturated carbocycles. The Labute approximate surface area is 124 Å². The highest BCUT2D eigenvalue weighted by Gasteiger charge is 2.34. The van der Waals surface area contributed by atoms with E-state index in [2.05, 4.69) is 73.3 Å². The van der Waals surface area contributed by atoms with E-state index in [0.717, 1.165) is 5.57 Å². The molecule has 98 valence electrons. The fourth-order valence-corrected chi connectivity index (χ4v) is 3.89. The quantitative estimate of drug-likeness (QED) is 0.606. The van der Waals surface area contributed by atoms with Crippen LogP contribution in [0.1, 0.15) is 33.7 Å². The highest BCUT2D eigenvalue weighted by molar-refractivity contribution is 6.00. The predicted octanol–water partition coefficient (Wildman–Crippen LogP) is 5.30. The van der Waals surface area contributed by atoms with E-state index in [4.69, 9.17) is 0 Å². The Morgan fingerprint density at radius 2 is 1.57 bits per heavy atom. The van der Waals surface area contributed by atoms with E-state index in [1.54, 1.807) is 0 Å². The Morgan fingerprint density at radius 1 is 0.762 bits per heavy atom. The first-order chi connectivity index (χ1) is 10.3. The molecule has 3 aliphatic carbocycles. The van der Waals surface area contributed by atoms with Crippen molar-refractivity contribution in [3.8, 4) is 0 Å². The number of allylic oxidation sites excluding steroid dienone is 5. The van der Waals surface area contributed by atoms with Crippen molar-refractivity contribution in [1.82, 2.24) is 0 Å². The minimum absolute atomic E-state index is 0.376. The van der Waals surface area contributed by atoms with Gasteiger partial charge in [-0.1, -0.05) is 73.3 Å². The van der Waals surface area contributed by atoms with Crippen molar-refractivity contribution < 1.29 is 0 Å². The molecule has 0 N–H and O–H groups in total. The molecule has 0 saturated heterocycles. The van der Waals surface area contributed by atoms with Crippen LogP contribution < -0.4 is 0 Å². The second kappa shape index (κ2) is 3.73. The minimum Gasteiger partial charge on any atom is -0.0911 e. The van der Waals surface area contributed by atoms with E-state index in [1.165, 1.54) is 39.0 Å². The maximum Gasteiger partial charge on any atom is 0.0358 e. The molecule has 1 atom stereocenters. The van der Waals surface area contributed by atoms with Gasteiger partial charge >= 0.3 is 0 Å². The van der Waals surface area contributed by atoms with E-state index < -0.39 is 0 Å². The molecule has 0 amide bonds.